The number of benzene rings is 1. The SMILES string of the molecule is COC1CN(c2nc3ccccc3cc2C(=N)C=CC=N)CCC1NC1CCCCC1. The molecule has 1 aliphatic heterocycles. The van der Waals surface area contributed by atoms with Crippen molar-refractivity contribution in [1.82, 2.24) is 10.3 Å². The minimum absolute atomic E-state index is 0.0862. The second-order valence-corrected chi connectivity index (χ2v) is 8.61. The highest BCUT2D eigenvalue weighted by atomic mass is 16.5. The fourth-order valence-electron chi connectivity index (χ4n) is 4.89. The van der Waals surface area contributed by atoms with Crippen LogP contribution < -0.4 is 10.2 Å². The van der Waals surface area contributed by atoms with E-state index in [1.165, 1.54) is 38.3 Å². The minimum atomic E-state index is 0.0862. The summed E-state index contributed by atoms with van der Waals surface area (Å²) in [6.45, 7) is 1.63. The molecule has 4 rings (SSSR count). The molecular formula is C25H33N5O. The van der Waals surface area contributed by atoms with Crippen molar-refractivity contribution in [1.29, 1.82) is 10.8 Å². The fourth-order valence-corrected chi connectivity index (χ4v) is 4.89. The molecule has 1 saturated carbocycles. The van der Waals surface area contributed by atoms with Gasteiger partial charge in [-0.05, 0) is 43.5 Å². The van der Waals surface area contributed by atoms with Crippen molar-refractivity contribution >= 4 is 28.6 Å². The van der Waals surface area contributed by atoms with Gasteiger partial charge in [-0.25, -0.2) is 4.98 Å². The maximum absolute atomic E-state index is 8.57. The van der Waals surface area contributed by atoms with Crippen LogP contribution in [0.3, 0.4) is 0 Å². The van der Waals surface area contributed by atoms with E-state index in [0.717, 1.165) is 41.8 Å². The predicted octanol–water partition coefficient (Wildman–Crippen LogP) is 4.32. The molecule has 6 heteroatoms. The van der Waals surface area contributed by atoms with Gasteiger partial charge >= 0.3 is 0 Å². The molecule has 1 aromatic heterocycles. The van der Waals surface area contributed by atoms with E-state index in [1.54, 1.807) is 19.3 Å². The third-order valence-electron chi connectivity index (χ3n) is 6.57. The van der Waals surface area contributed by atoms with Gasteiger partial charge in [-0.1, -0.05) is 37.5 Å². The van der Waals surface area contributed by atoms with Crippen LogP contribution in [0, 0.1) is 10.8 Å². The number of anilines is 1. The molecular weight excluding hydrogens is 386 g/mol. The molecule has 0 bridgehead atoms. The van der Waals surface area contributed by atoms with Crippen molar-refractivity contribution in [3.8, 4) is 0 Å². The second-order valence-electron chi connectivity index (χ2n) is 8.61. The number of rotatable bonds is 7. The van der Waals surface area contributed by atoms with Gasteiger partial charge in [-0.3, -0.25) is 0 Å². The maximum Gasteiger partial charge on any atom is 0.138 e. The number of para-hydroxylation sites is 1. The number of ether oxygens (including phenoxy) is 1. The van der Waals surface area contributed by atoms with Gasteiger partial charge < -0.3 is 25.8 Å². The highest BCUT2D eigenvalue weighted by molar-refractivity contribution is 6.12. The Balaban J connectivity index is 1.59. The van der Waals surface area contributed by atoms with Crippen molar-refractivity contribution in [2.75, 3.05) is 25.1 Å². The van der Waals surface area contributed by atoms with Crippen LogP contribution in [0.4, 0.5) is 5.82 Å². The molecule has 0 amide bonds. The van der Waals surface area contributed by atoms with Gasteiger partial charge in [0.25, 0.3) is 0 Å². The Kier molecular flexibility index (Phi) is 7.10. The summed E-state index contributed by atoms with van der Waals surface area (Å²) in [7, 11) is 1.80. The molecule has 3 N–H and O–H groups in total. The zero-order valence-corrected chi connectivity index (χ0v) is 18.3. The molecule has 1 aromatic carbocycles. The number of piperidine rings is 1. The van der Waals surface area contributed by atoms with Crippen molar-refractivity contribution in [3.05, 3.63) is 48.0 Å². The van der Waals surface area contributed by atoms with Crippen molar-refractivity contribution in [3.63, 3.8) is 0 Å². The summed E-state index contributed by atoms with van der Waals surface area (Å²) in [5, 5.41) is 20.7. The van der Waals surface area contributed by atoms with Crippen LogP contribution in [0.1, 0.15) is 44.1 Å². The van der Waals surface area contributed by atoms with Gasteiger partial charge in [-0.2, -0.15) is 0 Å². The molecule has 31 heavy (non-hydrogen) atoms. The zero-order chi connectivity index (χ0) is 21.6. The summed E-state index contributed by atoms with van der Waals surface area (Å²) in [6, 6.07) is 11.0. The van der Waals surface area contributed by atoms with Crippen LogP contribution in [0.25, 0.3) is 10.9 Å². The van der Waals surface area contributed by atoms with Gasteiger partial charge in [0.05, 0.1) is 17.3 Å². The molecule has 2 unspecified atom stereocenters. The topological polar surface area (TPSA) is 85.1 Å². The lowest BCUT2D eigenvalue weighted by Gasteiger charge is -2.41. The third kappa shape index (κ3) is 5.02. The van der Waals surface area contributed by atoms with Gasteiger partial charge in [0.1, 0.15) is 5.82 Å². The lowest BCUT2D eigenvalue weighted by molar-refractivity contribution is 0.0534. The molecule has 164 valence electrons. The van der Waals surface area contributed by atoms with Gasteiger partial charge in [-0.15, -0.1) is 0 Å². The highest BCUT2D eigenvalue weighted by Crippen LogP contribution is 2.28. The third-order valence-corrected chi connectivity index (χ3v) is 6.57. The van der Waals surface area contributed by atoms with Gasteiger partial charge in [0, 0.05) is 49.4 Å². The number of nitrogens with zero attached hydrogens (tertiary/aromatic N) is 2. The molecule has 2 aromatic rings. The van der Waals surface area contributed by atoms with Crippen molar-refractivity contribution in [2.45, 2.75) is 56.7 Å². The average molecular weight is 420 g/mol. The number of fused-ring (bicyclic) bond motifs is 1. The number of pyridine rings is 1. The smallest absolute Gasteiger partial charge is 0.138 e. The fraction of sp³-hybridized carbons (Fsp3) is 0.480. The molecule has 0 spiro atoms. The molecule has 1 saturated heterocycles. The quantitative estimate of drug-likeness (QED) is 0.583. The second kappa shape index (κ2) is 10.2. The Labute approximate surface area is 184 Å². The number of aromatic nitrogens is 1. The normalized spacial score (nSPS) is 22.8. The number of hydrogen-bond donors (Lipinski definition) is 3. The van der Waals surface area contributed by atoms with E-state index in [-0.39, 0.29) is 6.10 Å². The number of hydrogen-bond acceptors (Lipinski definition) is 6. The lowest BCUT2D eigenvalue weighted by atomic mass is 9.92. The summed E-state index contributed by atoms with van der Waals surface area (Å²) in [6.07, 6.45) is 12.1. The van der Waals surface area contributed by atoms with E-state index in [0.29, 0.717) is 17.8 Å². The summed E-state index contributed by atoms with van der Waals surface area (Å²) >= 11 is 0. The van der Waals surface area contributed by atoms with Crippen molar-refractivity contribution < 1.29 is 4.74 Å². The predicted molar refractivity (Wildman–Crippen MR) is 128 cm³/mol. The first-order chi connectivity index (χ1) is 15.2. The average Bonchev–Trinajstić information content (AvgIpc) is 2.82. The van der Waals surface area contributed by atoms with E-state index in [9.17, 15) is 0 Å². The largest absolute Gasteiger partial charge is 0.378 e. The van der Waals surface area contributed by atoms with Crippen molar-refractivity contribution in [2.24, 2.45) is 0 Å². The van der Waals surface area contributed by atoms with Crippen LogP contribution in [0.2, 0.25) is 0 Å². The van der Waals surface area contributed by atoms with E-state index < -0.39 is 0 Å². The Morgan fingerprint density at radius 1 is 1.19 bits per heavy atom. The Morgan fingerprint density at radius 3 is 2.77 bits per heavy atom. The van der Waals surface area contributed by atoms with Crippen LogP contribution >= 0.6 is 0 Å². The van der Waals surface area contributed by atoms with Crippen LogP contribution in [-0.2, 0) is 4.74 Å². The minimum Gasteiger partial charge on any atom is -0.378 e. The number of methoxy groups -OCH3 is 1. The first kappa shape index (κ1) is 21.7. The molecule has 1 aliphatic carbocycles. The summed E-state index contributed by atoms with van der Waals surface area (Å²) < 4.78 is 5.92. The molecule has 0 radical (unpaired) electrons. The van der Waals surface area contributed by atoms with E-state index in [2.05, 4.69) is 10.2 Å². The Morgan fingerprint density at radius 2 is 2.00 bits per heavy atom. The number of allylic oxidation sites excluding steroid dienone is 2. The van der Waals surface area contributed by atoms with Crippen LogP contribution in [-0.4, -0.2) is 55.3 Å². The summed E-state index contributed by atoms with van der Waals surface area (Å²) in [5.74, 6) is 0.830. The Bertz CT molecular complexity index is 950. The first-order valence-electron chi connectivity index (χ1n) is 11.4. The highest BCUT2D eigenvalue weighted by Gasteiger charge is 2.32. The van der Waals surface area contributed by atoms with E-state index in [1.807, 2.05) is 30.3 Å². The maximum atomic E-state index is 8.57. The van der Waals surface area contributed by atoms with Crippen LogP contribution in [0.5, 0.6) is 0 Å². The first-order valence-corrected chi connectivity index (χ1v) is 11.4. The molecule has 2 fully saturated rings. The molecule has 2 heterocycles. The number of nitrogens with one attached hydrogen (secondary N) is 3. The molecule has 6 nitrogen and oxygen atoms in total. The molecule has 2 atom stereocenters. The van der Waals surface area contributed by atoms with Crippen LogP contribution in [0.15, 0.2) is 42.5 Å². The van der Waals surface area contributed by atoms with Gasteiger partial charge in [0.2, 0.25) is 0 Å². The standard InChI is InChI=1S/C25H33N5O/c1-31-24-17-30(15-13-23(24)28-19-9-3-2-4-10-19)25-20(21(27)11-7-14-26)16-18-8-5-6-12-22(18)29-25/h5-8,11-12,14,16,19,23-24,26-28H,2-4,9-10,13,15,17H2,1H3. The summed E-state index contributed by atoms with van der Waals surface area (Å²) in [5.41, 5.74) is 2.10. The Hall–Kier alpha value is -2.57. The zero-order valence-electron chi connectivity index (χ0n) is 18.3. The van der Waals surface area contributed by atoms with Gasteiger partial charge in [0.15, 0.2) is 0 Å². The summed E-state index contributed by atoms with van der Waals surface area (Å²) in [4.78, 5) is 7.22. The molecule has 2 aliphatic rings. The van der Waals surface area contributed by atoms with E-state index in [4.69, 9.17) is 20.5 Å². The monoisotopic (exact) mass is 419 g/mol. The van der Waals surface area contributed by atoms with E-state index >= 15 is 0 Å². The lowest BCUT2D eigenvalue weighted by Crippen LogP contribution is -2.56.